The van der Waals surface area contributed by atoms with E-state index in [-0.39, 0.29) is 5.91 Å². The molecular weight excluding hydrogens is 424 g/mol. The average Bonchev–Trinajstić information content (AvgIpc) is 2.84. The second-order valence-electron chi connectivity index (χ2n) is 9.16. The molecule has 1 N–H and O–H groups in total. The Labute approximate surface area is 202 Å². The molecule has 1 amide bonds. The van der Waals surface area contributed by atoms with E-state index >= 15 is 0 Å². The summed E-state index contributed by atoms with van der Waals surface area (Å²) in [7, 11) is 0. The van der Waals surface area contributed by atoms with E-state index in [0.29, 0.717) is 18.1 Å². The standard InChI is InChI=1S/C28H34N4O2/c1-4-30-27-7-5-6-16-32(27)24-11-9-23(10-12-24)31-28(33)26(17-20(2)3)34-25-13-8-21-14-15-29-19-22(21)18-25/h8-15,18-20,26H,4-7,16-17H2,1-3H3,(H,31,33)/t26-/m0/s1. The Balaban J connectivity index is 1.46. The van der Waals surface area contributed by atoms with Gasteiger partial charge in [0.25, 0.3) is 5.91 Å². The van der Waals surface area contributed by atoms with Gasteiger partial charge in [-0.3, -0.25) is 14.8 Å². The number of hydrogen-bond donors (Lipinski definition) is 1. The highest BCUT2D eigenvalue weighted by atomic mass is 16.5. The molecule has 0 bridgehead atoms. The zero-order valence-corrected chi connectivity index (χ0v) is 20.3. The molecule has 1 saturated heterocycles. The highest BCUT2D eigenvalue weighted by Gasteiger charge is 2.23. The average molecular weight is 459 g/mol. The van der Waals surface area contributed by atoms with Gasteiger partial charge in [0.1, 0.15) is 11.6 Å². The first-order valence-electron chi connectivity index (χ1n) is 12.3. The number of piperidine rings is 1. The van der Waals surface area contributed by atoms with Crippen LogP contribution in [-0.4, -0.2) is 35.9 Å². The molecule has 1 atom stereocenters. The lowest BCUT2D eigenvalue weighted by atomic mass is 10.0. The number of amidine groups is 1. The summed E-state index contributed by atoms with van der Waals surface area (Å²) in [6.45, 7) is 8.04. The minimum atomic E-state index is -0.584. The first-order valence-corrected chi connectivity index (χ1v) is 12.3. The van der Waals surface area contributed by atoms with Gasteiger partial charge >= 0.3 is 0 Å². The van der Waals surface area contributed by atoms with Crippen LogP contribution in [0, 0.1) is 5.92 Å². The van der Waals surface area contributed by atoms with Crippen LogP contribution in [0.4, 0.5) is 11.4 Å². The summed E-state index contributed by atoms with van der Waals surface area (Å²) in [5.74, 6) is 2.00. The van der Waals surface area contributed by atoms with Crippen molar-refractivity contribution in [3.8, 4) is 5.75 Å². The van der Waals surface area contributed by atoms with Gasteiger partial charge in [0.2, 0.25) is 0 Å². The van der Waals surface area contributed by atoms with Crippen LogP contribution in [0.1, 0.15) is 46.5 Å². The lowest BCUT2D eigenvalue weighted by Gasteiger charge is -2.30. The molecule has 6 nitrogen and oxygen atoms in total. The smallest absolute Gasteiger partial charge is 0.265 e. The number of aliphatic imine (C=N–C) groups is 1. The number of hydrogen-bond acceptors (Lipinski definition) is 4. The molecular formula is C28H34N4O2. The first-order chi connectivity index (χ1) is 16.5. The fourth-order valence-corrected chi connectivity index (χ4v) is 4.33. The predicted octanol–water partition coefficient (Wildman–Crippen LogP) is 6.08. The maximum Gasteiger partial charge on any atom is 0.265 e. The summed E-state index contributed by atoms with van der Waals surface area (Å²) in [5, 5.41) is 5.13. The molecule has 6 heteroatoms. The lowest BCUT2D eigenvalue weighted by Crippen LogP contribution is -2.36. The van der Waals surface area contributed by atoms with Crippen LogP contribution in [0.2, 0.25) is 0 Å². The number of aromatic nitrogens is 1. The monoisotopic (exact) mass is 458 g/mol. The van der Waals surface area contributed by atoms with E-state index in [1.165, 1.54) is 12.8 Å². The number of ether oxygens (including phenoxy) is 1. The lowest BCUT2D eigenvalue weighted by molar-refractivity contribution is -0.123. The molecule has 178 valence electrons. The number of carbonyl (C=O) groups excluding carboxylic acids is 1. The van der Waals surface area contributed by atoms with E-state index < -0.39 is 6.10 Å². The number of benzene rings is 2. The van der Waals surface area contributed by atoms with Crippen molar-refractivity contribution < 1.29 is 9.53 Å². The zero-order valence-electron chi connectivity index (χ0n) is 20.3. The van der Waals surface area contributed by atoms with Gasteiger partial charge in [0.15, 0.2) is 6.10 Å². The van der Waals surface area contributed by atoms with Crippen molar-refractivity contribution in [1.29, 1.82) is 0 Å². The third-order valence-corrected chi connectivity index (χ3v) is 6.00. The van der Waals surface area contributed by atoms with E-state index in [9.17, 15) is 4.79 Å². The van der Waals surface area contributed by atoms with Gasteiger partial charge in [-0.2, -0.15) is 0 Å². The Bertz CT molecular complexity index is 1140. The minimum absolute atomic E-state index is 0.140. The van der Waals surface area contributed by atoms with Gasteiger partial charge in [-0.05, 0) is 80.0 Å². The highest BCUT2D eigenvalue weighted by Crippen LogP contribution is 2.25. The van der Waals surface area contributed by atoms with Crippen molar-refractivity contribution in [1.82, 2.24) is 4.98 Å². The number of anilines is 2. The summed E-state index contributed by atoms with van der Waals surface area (Å²) in [6.07, 6.45) is 6.99. The van der Waals surface area contributed by atoms with Crippen LogP contribution in [0.3, 0.4) is 0 Å². The molecule has 0 spiro atoms. The number of nitrogens with zero attached hydrogens (tertiary/aromatic N) is 3. The van der Waals surface area contributed by atoms with Gasteiger partial charge in [-0.1, -0.05) is 19.9 Å². The third kappa shape index (κ3) is 5.93. The number of pyridine rings is 1. The number of carbonyl (C=O) groups is 1. The van der Waals surface area contributed by atoms with Crippen molar-refractivity contribution in [2.24, 2.45) is 10.9 Å². The summed E-state index contributed by atoms with van der Waals surface area (Å²) in [6, 6.07) is 15.8. The van der Waals surface area contributed by atoms with Gasteiger partial charge < -0.3 is 15.0 Å². The second kappa shape index (κ2) is 11.1. The maximum absolute atomic E-state index is 13.2. The molecule has 34 heavy (non-hydrogen) atoms. The normalized spacial score (nSPS) is 16.1. The number of fused-ring (bicyclic) bond motifs is 1. The SMILES string of the molecule is CCN=C1CCCCN1c1ccc(NC(=O)[C@H](CC(C)C)Oc2ccc3ccncc3c2)cc1. The molecule has 1 fully saturated rings. The molecule has 0 unspecified atom stereocenters. The van der Waals surface area contributed by atoms with Crippen LogP contribution in [0.25, 0.3) is 10.8 Å². The van der Waals surface area contributed by atoms with E-state index in [2.05, 4.69) is 53.1 Å². The first kappa shape index (κ1) is 23.7. The molecule has 1 aromatic heterocycles. The highest BCUT2D eigenvalue weighted by molar-refractivity contribution is 5.99. The van der Waals surface area contributed by atoms with Crippen LogP contribution in [0.15, 0.2) is 65.9 Å². The van der Waals surface area contributed by atoms with Crippen LogP contribution < -0.4 is 15.0 Å². The zero-order chi connectivity index (χ0) is 23.9. The summed E-state index contributed by atoms with van der Waals surface area (Å²) in [5.41, 5.74) is 1.88. The Morgan fingerprint density at radius 2 is 1.94 bits per heavy atom. The Morgan fingerprint density at radius 3 is 2.71 bits per heavy atom. The Morgan fingerprint density at radius 1 is 1.12 bits per heavy atom. The van der Waals surface area contributed by atoms with Gasteiger partial charge in [0, 0.05) is 48.7 Å². The molecule has 4 rings (SSSR count). The molecule has 2 heterocycles. The topological polar surface area (TPSA) is 66.8 Å². The van der Waals surface area contributed by atoms with Gasteiger partial charge in [-0.15, -0.1) is 0 Å². The molecule has 1 aliphatic rings. The van der Waals surface area contributed by atoms with Crippen molar-refractivity contribution >= 4 is 33.9 Å². The molecule has 0 aliphatic carbocycles. The second-order valence-corrected chi connectivity index (χ2v) is 9.16. The van der Waals surface area contributed by atoms with Gasteiger partial charge in [-0.25, -0.2) is 0 Å². The third-order valence-electron chi connectivity index (χ3n) is 6.00. The fraction of sp³-hybridized carbons (Fsp3) is 0.393. The minimum Gasteiger partial charge on any atom is -0.481 e. The Kier molecular flexibility index (Phi) is 7.78. The van der Waals surface area contributed by atoms with Crippen molar-refractivity contribution in [3.05, 3.63) is 60.9 Å². The van der Waals surface area contributed by atoms with E-state index in [1.807, 2.05) is 36.4 Å². The molecule has 0 radical (unpaired) electrons. The van der Waals surface area contributed by atoms with Crippen molar-refractivity contribution in [2.75, 3.05) is 23.3 Å². The molecule has 0 saturated carbocycles. The van der Waals surface area contributed by atoms with Crippen molar-refractivity contribution in [3.63, 3.8) is 0 Å². The van der Waals surface area contributed by atoms with Gasteiger partial charge in [0.05, 0.1) is 0 Å². The maximum atomic E-state index is 13.2. The largest absolute Gasteiger partial charge is 0.481 e. The van der Waals surface area contributed by atoms with E-state index in [1.54, 1.807) is 12.4 Å². The fourth-order valence-electron chi connectivity index (χ4n) is 4.33. The molecule has 1 aliphatic heterocycles. The van der Waals surface area contributed by atoms with Crippen LogP contribution in [0.5, 0.6) is 5.75 Å². The number of amides is 1. The molecule has 2 aromatic carbocycles. The predicted molar refractivity (Wildman–Crippen MR) is 140 cm³/mol. The van der Waals surface area contributed by atoms with E-state index in [0.717, 1.165) is 47.5 Å². The number of rotatable bonds is 8. The number of nitrogens with one attached hydrogen (secondary N) is 1. The molecule has 3 aromatic rings. The summed E-state index contributed by atoms with van der Waals surface area (Å²) in [4.78, 5) is 24.3. The van der Waals surface area contributed by atoms with Crippen molar-refractivity contribution in [2.45, 2.75) is 52.6 Å². The summed E-state index contributed by atoms with van der Waals surface area (Å²) < 4.78 is 6.16. The van der Waals surface area contributed by atoms with E-state index in [4.69, 9.17) is 4.74 Å². The Hall–Kier alpha value is -3.41. The van der Waals surface area contributed by atoms with Crippen LogP contribution in [-0.2, 0) is 4.79 Å². The quantitative estimate of drug-likeness (QED) is 0.444. The van der Waals surface area contributed by atoms with Crippen LogP contribution >= 0.6 is 0 Å². The summed E-state index contributed by atoms with van der Waals surface area (Å²) >= 11 is 0.